The lowest BCUT2D eigenvalue weighted by Gasteiger charge is -2.18. The summed E-state index contributed by atoms with van der Waals surface area (Å²) < 4.78 is 16.7. The molecule has 0 amide bonds. The molecule has 0 aliphatic rings. The van der Waals surface area contributed by atoms with Gasteiger partial charge in [-0.05, 0) is 64.2 Å². The molecule has 0 aromatic heterocycles. The van der Waals surface area contributed by atoms with Gasteiger partial charge in [0.25, 0.3) is 0 Å². The Morgan fingerprint density at radius 3 is 0.982 bits per heavy atom. The number of hydrogen-bond acceptors (Lipinski definition) is 6. The van der Waals surface area contributed by atoms with E-state index in [-0.39, 0.29) is 31.1 Å². The average molecular weight is 775 g/mol. The number of allylic oxidation sites excluding steroid dienone is 4. The van der Waals surface area contributed by atoms with Gasteiger partial charge in [0.1, 0.15) is 13.2 Å². The van der Waals surface area contributed by atoms with Crippen molar-refractivity contribution in [2.45, 2.75) is 258 Å². The van der Waals surface area contributed by atoms with E-state index < -0.39 is 6.10 Å². The zero-order chi connectivity index (χ0) is 40.1. The summed E-state index contributed by atoms with van der Waals surface area (Å²) in [5.41, 5.74) is 0. The van der Waals surface area contributed by atoms with Crippen molar-refractivity contribution in [2.24, 2.45) is 0 Å². The predicted molar refractivity (Wildman–Crippen MR) is 233 cm³/mol. The van der Waals surface area contributed by atoms with E-state index >= 15 is 0 Å². The number of esters is 3. The minimum Gasteiger partial charge on any atom is -0.462 e. The molecule has 1 atom stereocenters. The normalized spacial score (nSPS) is 12.1. The fourth-order valence-electron chi connectivity index (χ4n) is 6.77. The van der Waals surface area contributed by atoms with Crippen molar-refractivity contribution in [3.8, 4) is 0 Å². The Kier molecular flexibility index (Phi) is 42.9. The summed E-state index contributed by atoms with van der Waals surface area (Å²) in [6, 6.07) is 0. The van der Waals surface area contributed by atoms with Crippen LogP contribution in [0.4, 0.5) is 0 Å². The molecule has 0 radical (unpaired) electrons. The van der Waals surface area contributed by atoms with Gasteiger partial charge in [-0.3, -0.25) is 14.4 Å². The zero-order valence-corrected chi connectivity index (χ0v) is 36.7. The summed E-state index contributed by atoms with van der Waals surface area (Å²) in [4.78, 5) is 37.7. The van der Waals surface area contributed by atoms with Gasteiger partial charge >= 0.3 is 17.9 Å². The second-order valence-electron chi connectivity index (χ2n) is 16.0. The van der Waals surface area contributed by atoms with E-state index in [1.165, 1.54) is 148 Å². The lowest BCUT2D eigenvalue weighted by molar-refractivity contribution is -0.167. The monoisotopic (exact) mass is 775 g/mol. The highest BCUT2D eigenvalue weighted by molar-refractivity contribution is 5.71. The minimum absolute atomic E-state index is 0.0732. The standard InChI is InChI=1S/C49H90O6/c1-4-7-10-13-16-19-22-23-24-25-28-30-33-36-39-42-48(51)54-45-46(55-49(52)43-40-37-34-31-27-21-18-15-12-9-6-3)44-53-47(50)41-38-35-32-29-26-20-17-14-11-8-5-2/h14,17,19,22,46H,4-13,15-16,18,20-21,23-45H2,1-3H3/b17-14-,22-19-/t46-/m0/s1. The number of carbonyl (C=O) groups excluding carboxylic acids is 3. The second-order valence-corrected chi connectivity index (χ2v) is 16.0. The molecule has 55 heavy (non-hydrogen) atoms. The number of hydrogen-bond donors (Lipinski definition) is 0. The van der Waals surface area contributed by atoms with E-state index in [0.29, 0.717) is 19.3 Å². The zero-order valence-electron chi connectivity index (χ0n) is 36.7. The van der Waals surface area contributed by atoms with Gasteiger partial charge in [0, 0.05) is 19.3 Å². The Bertz CT molecular complexity index is 896. The van der Waals surface area contributed by atoms with Crippen LogP contribution < -0.4 is 0 Å². The molecule has 322 valence electrons. The van der Waals surface area contributed by atoms with Crippen LogP contribution in [0, 0.1) is 0 Å². The number of carbonyl (C=O) groups is 3. The fraction of sp³-hybridized carbons (Fsp3) is 0.857. The van der Waals surface area contributed by atoms with Crippen molar-refractivity contribution >= 4 is 17.9 Å². The Hall–Kier alpha value is -2.11. The Morgan fingerprint density at radius 1 is 0.345 bits per heavy atom. The average Bonchev–Trinajstić information content (AvgIpc) is 3.18. The van der Waals surface area contributed by atoms with Gasteiger partial charge in [0.15, 0.2) is 6.10 Å². The topological polar surface area (TPSA) is 78.9 Å². The van der Waals surface area contributed by atoms with Crippen LogP contribution in [0.3, 0.4) is 0 Å². The Morgan fingerprint density at radius 2 is 0.618 bits per heavy atom. The molecular weight excluding hydrogens is 685 g/mol. The summed E-state index contributed by atoms with van der Waals surface area (Å²) in [5.74, 6) is -0.881. The molecule has 0 heterocycles. The van der Waals surface area contributed by atoms with Crippen LogP contribution in [0.25, 0.3) is 0 Å². The van der Waals surface area contributed by atoms with Crippen LogP contribution in [0.2, 0.25) is 0 Å². The first-order valence-corrected chi connectivity index (χ1v) is 23.8. The molecule has 0 rings (SSSR count). The van der Waals surface area contributed by atoms with E-state index in [9.17, 15) is 14.4 Å². The molecule has 0 bridgehead atoms. The molecule has 0 aromatic carbocycles. The summed E-state index contributed by atoms with van der Waals surface area (Å²) in [6.07, 6.45) is 48.7. The van der Waals surface area contributed by atoms with Crippen LogP contribution in [0.15, 0.2) is 24.3 Å². The molecule has 0 saturated carbocycles. The molecule has 0 N–H and O–H groups in total. The van der Waals surface area contributed by atoms with E-state index in [4.69, 9.17) is 14.2 Å². The van der Waals surface area contributed by atoms with Crippen molar-refractivity contribution in [3.63, 3.8) is 0 Å². The van der Waals surface area contributed by atoms with E-state index in [1.807, 2.05) is 0 Å². The largest absolute Gasteiger partial charge is 0.462 e. The van der Waals surface area contributed by atoms with Crippen LogP contribution in [-0.4, -0.2) is 37.2 Å². The smallest absolute Gasteiger partial charge is 0.306 e. The molecule has 0 unspecified atom stereocenters. The summed E-state index contributed by atoms with van der Waals surface area (Å²) in [7, 11) is 0. The molecule has 0 fully saturated rings. The maximum atomic E-state index is 12.7. The maximum Gasteiger partial charge on any atom is 0.306 e. The SMILES string of the molecule is CCCC/C=C\CCCCCCCC(=O)OC[C@@H](COC(=O)CCCCCCCCC/C=C\CCCCCC)OC(=O)CCCCCCCCCCCCC. The third-order valence-electron chi connectivity index (χ3n) is 10.4. The van der Waals surface area contributed by atoms with Crippen LogP contribution in [0.1, 0.15) is 252 Å². The molecular formula is C49H90O6. The highest BCUT2D eigenvalue weighted by atomic mass is 16.6. The lowest BCUT2D eigenvalue weighted by atomic mass is 10.1. The summed E-state index contributed by atoms with van der Waals surface area (Å²) in [5, 5.41) is 0. The van der Waals surface area contributed by atoms with Crippen molar-refractivity contribution in [1.29, 1.82) is 0 Å². The van der Waals surface area contributed by atoms with Crippen molar-refractivity contribution in [1.82, 2.24) is 0 Å². The van der Waals surface area contributed by atoms with Crippen LogP contribution >= 0.6 is 0 Å². The first kappa shape index (κ1) is 52.9. The molecule has 0 spiro atoms. The minimum atomic E-state index is -0.769. The van der Waals surface area contributed by atoms with Gasteiger partial charge in [-0.25, -0.2) is 0 Å². The van der Waals surface area contributed by atoms with Gasteiger partial charge in [-0.1, -0.05) is 193 Å². The highest BCUT2D eigenvalue weighted by Crippen LogP contribution is 2.15. The van der Waals surface area contributed by atoms with Gasteiger partial charge in [0.05, 0.1) is 0 Å². The maximum absolute atomic E-state index is 12.7. The third-order valence-corrected chi connectivity index (χ3v) is 10.4. The molecule has 6 nitrogen and oxygen atoms in total. The predicted octanol–water partition coefficient (Wildman–Crippen LogP) is 15.2. The first-order chi connectivity index (χ1) is 27.0. The molecule has 6 heteroatoms. The molecule has 0 saturated heterocycles. The summed E-state index contributed by atoms with van der Waals surface area (Å²) >= 11 is 0. The van der Waals surface area contributed by atoms with Gasteiger partial charge in [0.2, 0.25) is 0 Å². The molecule has 0 aromatic rings. The van der Waals surface area contributed by atoms with Crippen molar-refractivity contribution < 1.29 is 28.6 Å². The van der Waals surface area contributed by atoms with Crippen LogP contribution in [0.5, 0.6) is 0 Å². The Labute approximate surface area is 341 Å². The quantitative estimate of drug-likeness (QED) is 0.0266. The number of unbranched alkanes of at least 4 members (excludes halogenated alkanes) is 28. The van der Waals surface area contributed by atoms with Gasteiger partial charge in [-0.15, -0.1) is 0 Å². The van der Waals surface area contributed by atoms with E-state index in [1.54, 1.807) is 0 Å². The highest BCUT2D eigenvalue weighted by Gasteiger charge is 2.19. The lowest BCUT2D eigenvalue weighted by Crippen LogP contribution is -2.30. The number of rotatable bonds is 43. The Balaban J connectivity index is 4.34. The van der Waals surface area contributed by atoms with Crippen molar-refractivity contribution in [2.75, 3.05) is 13.2 Å². The fourth-order valence-corrected chi connectivity index (χ4v) is 6.77. The first-order valence-electron chi connectivity index (χ1n) is 23.8. The van der Waals surface area contributed by atoms with Crippen molar-refractivity contribution in [3.05, 3.63) is 24.3 Å². The molecule has 0 aliphatic carbocycles. The van der Waals surface area contributed by atoms with E-state index in [2.05, 4.69) is 45.1 Å². The summed E-state index contributed by atoms with van der Waals surface area (Å²) in [6.45, 7) is 6.58. The van der Waals surface area contributed by atoms with E-state index in [0.717, 1.165) is 64.2 Å². The van der Waals surface area contributed by atoms with Gasteiger partial charge < -0.3 is 14.2 Å². The third kappa shape index (κ3) is 42.9. The van der Waals surface area contributed by atoms with Crippen LogP contribution in [-0.2, 0) is 28.6 Å². The second kappa shape index (κ2) is 44.6. The number of ether oxygens (including phenoxy) is 3. The molecule has 0 aliphatic heterocycles. The van der Waals surface area contributed by atoms with Gasteiger partial charge in [-0.2, -0.15) is 0 Å².